The van der Waals surface area contributed by atoms with Crippen LogP contribution in [0.4, 0.5) is 14.4 Å². The quantitative estimate of drug-likeness (QED) is 0.0320. The first-order valence-electron chi connectivity index (χ1n) is 28.7. The molecular formula is C63H87N9O15. The van der Waals surface area contributed by atoms with Crippen LogP contribution in [0.1, 0.15) is 141 Å². The van der Waals surface area contributed by atoms with E-state index in [0.29, 0.717) is 22.8 Å². The number of hydrogen-bond acceptors (Lipinski definition) is 17. The van der Waals surface area contributed by atoms with Crippen molar-refractivity contribution in [3.63, 3.8) is 0 Å². The van der Waals surface area contributed by atoms with Gasteiger partial charge in [-0.15, -0.1) is 0 Å². The van der Waals surface area contributed by atoms with Crippen molar-refractivity contribution in [1.29, 1.82) is 0 Å². The minimum absolute atomic E-state index is 0.0211. The highest BCUT2D eigenvalue weighted by Gasteiger charge is 2.37. The van der Waals surface area contributed by atoms with Gasteiger partial charge in [-0.2, -0.15) is 0 Å². The molecule has 87 heavy (non-hydrogen) atoms. The number of ether oxygens (including phenoxy) is 7. The lowest BCUT2D eigenvalue weighted by molar-refractivity contribution is -0.145. The number of benzene rings is 3. The number of amides is 7. The number of carbonyl (C=O) groups excluding carboxylic acids is 8. The molecule has 0 unspecified atom stereocenters. The highest BCUT2D eigenvalue weighted by atomic mass is 16.6. The Labute approximate surface area is 509 Å². The molecule has 1 aromatic heterocycles. The summed E-state index contributed by atoms with van der Waals surface area (Å²) in [6, 6.07) is 10.0. The number of nitrogens with zero attached hydrogens (tertiary/aromatic N) is 3. The maximum absolute atomic E-state index is 15.4. The zero-order valence-corrected chi connectivity index (χ0v) is 53.4. The van der Waals surface area contributed by atoms with Gasteiger partial charge >= 0.3 is 24.2 Å². The van der Waals surface area contributed by atoms with Crippen molar-refractivity contribution < 1.29 is 71.5 Å². The third-order valence-corrected chi connectivity index (χ3v) is 13.2. The molecule has 1 aliphatic rings. The maximum Gasteiger partial charge on any atom is 0.407 e. The van der Waals surface area contributed by atoms with Gasteiger partial charge in [0.2, 0.25) is 17.7 Å². The summed E-state index contributed by atoms with van der Waals surface area (Å²) in [6.45, 7) is 26.0. The third kappa shape index (κ3) is 20.2. The fourth-order valence-electron chi connectivity index (χ4n) is 9.17. The molecule has 0 radical (unpaired) electrons. The van der Waals surface area contributed by atoms with Crippen molar-refractivity contribution in [2.45, 2.75) is 163 Å². The standard InChI is InChI=1S/C63H87N9O15/c1-35-48(36(2)68-51(67-35)39-19-22-41(23-20-39)60(4,5)6)53(74)70-44(25-26-64-57(78)85-61(7,8)9)55(76)72(16)49-40-21-24-46(83-29-27-65-58(79)86-62(10,11)12)42(34-40)43-31-38(32-45(56(77)82-18)71-52(73)37(3)69-54(49)75)33-47(50(43)81-17)84-30-28-66-59(80)87-63(13,14)15/h19-24,31,33-34,37,44-45,49H,25-30,32H2,1-18H3,(H,64,78)(H,65,79)(H,66,80)(H,69,75)(H,70,74)(H,71,73)/t37-,44-,45-,49-/m0/s1. The van der Waals surface area contributed by atoms with Gasteiger partial charge in [-0.1, -0.05) is 51.1 Å². The van der Waals surface area contributed by atoms with Crippen LogP contribution < -0.4 is 46.1 Å². The summed E-state index contributed by atoms with van der Waals surface area (Å²) in [6.07, 6.45) is -2.55. The normalized spacial score (nSPS) is 15.8. The maximum atomic E-state index is 15.4. The van der Waals surface area contributed by atoms with Gasteiger partial charge in [0.1, 0.15) is 59.9 Å². The summed E-state index contributed by atoms with van der Waals surface area (Å²) in [5, 5.41) is 16.2. The molecule has 1 aliphatic heterocycles. The Bertz CT molecular complexity index is 3130. The number of nitrogens with one attached hydrogen (secondary N) is 6. The van der Waals surface area contributed by atoms with Crippen LogP contribution in [0.15, 0.2) is 54.6 Å². The Morgan fingerprint density at radius 2 is 1.20 bits per heavy atom. The zero-order chi connectivity index (χ0) is 64.9. The molecule has 0 saturated carbocycles. The molecule has 24 nitrogen and oxygen atoms in total. The second-order valence-corrected chi connectivity index (χ2v) is 25.0. The van der Waals surface area contributed by atoms with E-state index < -0.39 is 88.8 Å². The monoisotopic (exact) mass is 1210 g/mol. The number of fused-ring (bicyclic) bond motifs is 5. The number of aryl methyl sites for hydroxylation is 2. The molecule has 4 bridgehead atoms. The molecule has 474 valence electrons. The van der Waals surface area contributed by atoms with E-state index in [0.717, 1.165) is 23.1 Å². The molecule has 0 spiro atoms. The molecule has 2 heterocycles. The SMILES string of the molecule is COC(=O)[C@@H]1Cc2cc(OCCNC(=O)OC(C)(C)C)c(OC)c(c2)-c2cc(ccc2OCCNC(=O)OC(C)(C)C)[C@H](N(C)C(=O)[C@H](CCNC(=O)OC(C)(C)C)NC(=O)c2c(C)nc(-c3ccc(C(C)(C)C)cc3)nc2C)C(=O)N[C@@H](C)C(=O)N1. The van der Waals surface area contributed by atoms with E-state index in [2.05, 4.69) is 52.7 Å². The third-order valence-electron chi connectivity index (χ3n) is 13.2. The number of rotatable bonds is 18. The summed E-state index contributed by atoms with van der Waals surface area (Å²) < 4.78 is 40.2. The van der Waals surface area contributed by atoms with Crippen LogP contribution in [0, 0.1) is 13.8 Å². The topological polar surface area (TPSA) is 302 Å². The van der Waals surface area contributed by atoms with Crippen molar-refractivity contribution >= 4 is 47.9 Å². The molecule has 0 aliphatic carbocycles. The average Bonchev–Trinajstić information content (AvgIpc) is 3.02. The Balaban J connectivity index is 1.68. The van der Waals surface area contributed by atoms with E-state index in [-0.39, 0.29) is 90.6 Å². The number of likely N-dealkylation sites (N-methyl/N-ethyl adjacent to an activating group) is 1. The lowest BCUT2D eigenvalue weighted by Gasteiger charge is -2.33. The average molecular weight is 1210 g/mol. The first-order valence-corrected chi connectivity index (χ1v) is 28.7. The second kappa shape index (κ2) is 29.1. The van der Waals surface area contributed by atoms with E-state index in [1.54, 1.807) is 100 Å². The van der Waals surface area contributed by atoms with Gasteiger partial charge in [0.05, 0.1) is 44.3 Å². The summed E-state index contributed by atoms with van der Waals surface area (Å²) in [5.74, 6) is -3.20. The number of aromatic nitrogens is 2. The van der Waals surface area contributed by atoms with Crippen molar-refractivity contribution in [3.05, 3.63) is 88.2 Å². The molecule has 24 heteroatoms. The van der Waals surface area contributed by atoms with Crippen LogP contribution in [0.3, 0.4) is 0 Å². The molecule has 0 saturated heterocycles. The van der Waals surface area contributed by atoms with Crippen molar-refractivity contribution in [3.8, 4) is 39.8 Å². The molecule has 6 N–H and O–H groups in total. The molecule has 4 atom stereocenters. The number of hydrogen-bond donors (Lipinski definition) is 6. The van der Waals surface area contributed by atoms with Gasteiger partial charge in [0, 0.05) is 36.7 Å². The summed E-state index contributed by atoms with van der Waals surface area (Å²) in [5.41, 5.74) is 1.14. The highest BCUT2D eigenvalue weighted by molar-refractivity contribution is 6.00. The summed E-state index contributed by atoms with van der Waals surface area (Å²) >= 11 is 0. The summed E-state index contributed by atoms with van der Waals surface area (Å²) in [7, 11) is 3.89. The number of alkyl carbamates (subject to hydrolysis) is 3. The van der Waals surface area contributed by atoms with Crippen molar-refractivity contribution in [2.24, 2.45) is 0 Å². The van der Waals surface area contributed by atoms with Crippen molar-refractivity contribution in [2.75, 3.05) is 54.1 Å². The van der Waals surface area contributed by atoms with E-state index in [9.17, 15) is 28.8 Å². The van der Waals surface area contributed by atoms with Crippen LogP contribution in [0.25, 0.3) is 22.5 Å². The van der Waals surface area contributed by atoms with E-state index in [1.165, 1.54) is 27.1 Å². The largest absolute Gasteiger partial charge is 0.492 e. The highest BCUT2D eigenvalue weighted by Crippen LogP contribution is 2.45. The van der Waals surface area contributed by atoms with Crippen LogP contribution in [0.2, 0.25) is 0 Å². The fraction of sp³-hybridized carbons (Fsp3) is 0.524. The first-order chi connectivity index (χ1) is 40.5. The molecular weight excluding hydrogens is 1120 g/mol. The molecule has 5 rings (SSSR count). The zero-order valence-electron chi connectivity index (χ0n) is 53.4. The van der Waals surface area contributed by atoms with E-state index >= 15 is 9.59 Å². The van der Waals surface area contributed by atoms with Gasteiger partial charge in [0.15, 0.2) is 17.3 Å². The molecule has 4 aromatic rings. The smallest absolute Gasteiger partial charge is 0.407 e. The van der Waals surface area contributed by atoms with Gasteiger partial charge in [-0.05, 0) is 136 Å². The summed E-state index contributed by atoms with van der Waals surface area (Å²) in [4.78, 5) is 122. The Kier molecular flexibility index (Phi) is 23.1. The Hall–Kier alpha value is -8.70. The Morgan fingerprint density at radius 3 is 1.70 bits per heavy atom. The van der Waals surface area contributed by atoms with Gasteiger partial charge in [-0.3, -0.25) is 19.2 Å². The van der Waals surface area contributed by atoms with E-state index in [1.807, 2.05) is 24.3 Å². The minimum Gasteiger partial charge on any atom is -0.492 e. The lowest BCUT2D eigenvalue weighted by atomic mass is 9.86. The molecule has 0 fully saturated rings. The lowest BCUT2D eigenvalue weighted by Crippen LogP contribution is -2.55. The van der Waals surface area contributed by atoms with Gasteiger partial charge in [0.25, 0.3) is 5.91 Å². The number of methoxy groups -OCH3 is 2. The predicted octanol–water partition coefficient (Wildman–Crippen LogP) is 7.47. The van der Waals surface area contributed by atoms with Crippen LogP contribution in [-0.2, 0) is 50.0 Å². The van der Waals surface area contributed by atoms with Crippen LogP contribution in [0.5, 0.6) is 17.2 Å². The van der Waals surface area contributed by atoms with Gasteiger partial charge in [-0.25, -0.2) is 29.1 Å². The molecule has 7 amide bonds. The number of carbonyl (C=O) groups is 8. The minimum atomic E-state index is -1.61. The van der Waals surface area contributed by atoms with Crippen LogP contribution >= 0.6 is 0 Å². The predicted molar refractivity (Wildman–Crippen MR) is 324 cm³/mol. The van der Waals surface area contributed by atoms with Crippen LogP contribution in [-0.4, -0.2) is 152 Å². The number of esters is 1. The Morgan fingerprint density at radius 1 is 0.667 bits per heavy atom. The van der Waals surface area contributed by atoms with Gasteiger partial charge < -0.3 is 70.0 Å². The second-order valence-electron chi connectivity index (χ2n) is 25.0. The van der Waals surface area contributed by atoms with E-state index in [4.69, 9.17) is 43.1 Å². The first kappa shape index (κ1) is 69.1. The fourth-order valence-corrected chi connectivity index (χ4v) is 9.17. The molecule has 3 aromatic carbocycles. The van der Waals surface area contributed by atoms with Crippen molar-refractivity contribution in [1.82, 2.24) is 46.8 Å².